The largest absolute Gasteiger partial charge is 0.482 e. The summed E-state index contributed by atoms with van der Waals surface area (Å²) in [7, 11) is 0. The minimum atomic E-state index is -1.09. The number of rotatable bonds is 7. The molecule has 1 saturated heterocycles. The van der Waals surface area contributed by atoms with Crippen molar-refractivity contribution in [2.24, 2.45) is 5.92 Å². The molecule has 1 unspecified atom stereocenters. The van der Waals surface area contributed by atoms with Crippen molar-refractivity contribution in [2.45, 2.75) is 26.2 Å². The number of aliphatic carboxylic acids is 1. The van der Waals surface area contributed by atoms with Crippen LogP contribution in [0.15, 0.2) is 48.5 Å². The normalized spacial score (nSPS) is 16.2. The van der Waals surface area contributed by atoms with Gasteiger partial charge >= 0.3 is 5.97 Å². The van der Waals surface area contributed by atoms with Crippen LogP contribution < -0.4 is 15.0 Å². The van der Waals surface area contributed by atoms with Gasteiger partial charge in [-0.1, -0.05) is 32.0 Å². The van der Waals surface area contributed by atoms with Crippen LogP contribution in [0.25, 0.3) is 0 Å². The monoisotopic (exact) mass is 396 g/mol. The Morgan fingerprint density at radius 2 is 1.93 bits per heavy atom. The molecule has 1 aliphatic heterocycles. The fourth-order valence-corrected chi connectivity index (χ4v) is 3.26. The Kier molecular flexibility index (Phi) is 6.16. The van der Waals surface area contributed by atoms with E-state index in [0.29, 0.717) is 30.3 Å². The molecule has 3 rings (SSSR count). The van der Waals surface area contributed by atoms with E-state index in [0.717, 1.165) is 5.69 Å². The van der Waals surface area contributed by atoms with Gasteiger partial charge in [0.2, 0.25) is 11.8 Å². The molecular weight excluding hydrogens is 372 g/mol. The standard InChI is InChI=1S/C22H24N2O5/c1-14(2)15-6-8-17(9-7-15)24-11-10-19(22(24)28)21(27)23-16-4-3-5-18(12-16)29-13-20(25)26/h3-9,12,14,19H,10-11,13H2,1-2H3,(H,23,27)(H,25,26). The number of carbonyl (C=O) groups excluding carboxylic acids is 2. The van der Waals surface area contributed by atoms with Crippen LogP contribution in [0.3, 0.4) is 0 Å². The minimum Gasteiger partial charge on any atom is -0.482 e. The third-order valence-electron chi connectivity index (χ3n) is 4.86. The van der Waals surface area contributed by atoms with Crippen LogP contribution in [0.2, 0.25) is 0 Å². The molecule has 0 bridgehead atoms. The number of ether oxygens (including phenoxy) is 1. The van der Waals surface area contributed by atoms with E-state index in [-0.39, 0.29) is 11.8 Å². The van der Waals surface area contributed by atoms with Gasteiger partial charge in [0.05, 0.1) is 0 Å². The van der Waals surface area contributed by atoms with E-state index in [9.17, 15) is 14.4 Å². The van der Waals surface area contributed by atoms with E-state index in [1.807, 2.05) is 24.3 Å². The summed E-state index contributed by atoms with van der Waals surface area (Å²) in [6, 6.07) is 14.3. The summed E-state index contributed by atoms with van der Waals surface area (Å²) in [4.78, 5) is 37.7. The molecule has 2 N–H and O–H groups in total. The average molecular weight is 396 g/mol. The summed E-state index contributed by atoms with van der Waals surface area (Å²) in [6.45, 7) is 4.24. The number of carboxylic acid groups (broad SMARTS) is 1. The zero-order valence-corrected chi connectivity index (χ0v) is 16.4. The first kappa shape index (κ1) is 20.4. The first-order valence-electron chi connectivity index (χ1n) is 9.52. The zero-order chi connectivity index (χ0) is 21.0. The van der Waals surface area contributed by atoms with Crippen LogP contribution in [0, 0.1) is 5.92 Å². The molecule has 1 heterocycles. The lowest BCUT2D eigenvalue weighted by atomic mass is 10.0. The van der Waals surface area contributed by atoms with Gasteiger partial charge in [0.15, 0.2) is 6.61 Å². The lowest BCUT2D eigenvalue weighted by molar-refractivity contribution is -0.139. The van der Waals surface area contributed by atoms with Gasteiger partial charge in [-0.15, -0.1) is 0 Å². The molecule has 0 aliphatic carbocycles. The van der Waals surface area contributed by atoms with Gasteiger partial charge in [-0.25, -0.2) is 4.79 Å². The molecule has 29 heavy (non-hydrogen) atoms. The Labute approximate surface area is 169 Å². The van der Waals surface area contributed by atoms with Crippen molar-refractivity contribution in [3.63, 3.8) is 0 Å². The van der Waals surface area contributed by atoms with E-state index < -0.39 is 18.5 Å². The average Bonchev–Trinajstić information content (AvgIpc) is 3.08. The second-order valence-electron chi connectivity index (χ2n) is 7.28. The second kappa shape index (κ2) is 8.77. The van der Waals surface area contributed by atoms with Crippen LogP contribution in [-0.2, 0) is 14.4 Å². The van der Waals surface area contributed by atoms with E-state index in [1.54, 1.807) is 23.1 Å². The molecule has 7 nitrogen and oxygen atoms in total. The summed E-state index contributed by atoms with van der Waals surface area (Å²) in [6.07, 6.45) is 0.436. The van der Waals surface area contributed by atoms with Gasteiger partial charge in [-0.3, -0.25) is 9.59 Å². The highest BCUT2D eigenvalue weighted by atomic mass is 16.5. The number of hydrogen-bond acceptors (Lipinski definition) is 4. The van der Waals surface area contributed by atoms with Gasteiger partial charge < -0.3 is 20.1 Å². The molecule has 7 heteroatoms. The maximum absolute atomic E-state index is 12.8. The molecule has 2 aromatic rings. The van der Waals surface area contributed by atoms with Gasteiger partial charge in [0, 0.05) is 24.0 Å². The van der Waals surface area contributed by atoms with Crippen molar-refractivity contribution < 1.29 is 24.2 Å². The highest BCUT2D eigenvalue weighted by Crippen LogP contribution is 2.28. The summed E-state index contributed by atoms with van der Waals surface area (Å²) >= 11 is 0. The van der Waals surface area contributed by atoms with Crippen LogP contribution in [0.5, 0.6) is 5.75 Å². The van der Waals surface area contributed by atoms with Crippen LogP contribution in [0.4, 0.5) is 11.4 Å². The number of hydrogen-bond donors (Lipinski definition) is 2. The predicted molar refractivity (Wildman–Crippen MR) is 109 cm³/mol. The quantitative estimate of drug-likeness (QED) is 0.701. The van der Waals surface area contributed by atoms with Crippen LogP contribution >= 0.6 is 0 Å². The molecule has 0 radical (unpaired) electrons. The molecule has 1 fully saturated rings. The number of amides is 2. The van der Waals surface area contributed by atoms with Crippen molar-refractivity contribution in [3.8, 4) is 5.75 Å². The number of carboxylic acids is 1. The number of benzene rings is 2. The molecule has 1 aliphatic rings. The maximum atomic E-state index is 12.8. The molecule has 0 saturated carbocycles. The smallest absolute Gasteiger partial charge is 0.341 e. The molecule has 2 amide bonds. The van der Waals surface area contributed by atoms with E-state index in [2.05, 4.69) is 19.2 Å². The molecule has 1 atom stereocenters. The lowest BCUT2D eigenvalue weighted by Gasteiger charge is -2.18. The highest BCUT2D eigenvalue weighted by Gasteiger charge is 2.37. The summed E-state index contributed by atoms with van der Waals surface area (Å²) < 4.78 is 5.11. The van der Waals surface area contributed by atoms with Gasteiger partial charge in [-0.2, -0.15) is 0 Å². The second-order valence-corrected chi connectivity index (χ2v) is 7.28. The van der Waals surface area contributed by atoms with Gasteiger partial charge in [-0.05, 0) is 42.2 Å². The SMILES string of the molecule is CC(C)c1ccc(N2CCC(C(=O)Nc3cccc(OCC(=O)O)c3)C2=O)cc1. The highest BCUT2D eigenvalue weighted by molar-refractivity contribution is 6.13. The summed E-state index contributed by atoms with van der Waals surface area (Å²) in [5.41, 5.74) is 2.43. The van der Waals surface area contributed by atoms with Gasteiger partial charge in [0.1, 0.15) is 11.7 Å². The first-order valence-corrected chi connectivity index (χ1v) is 9.52. The number of carbonyl (C=O) groups is 3. The van der Waals surface area contributed by atoms with Crippen LogP contribution in [-0.4, -0.2) is 36.0 Å². The fraction of sp³-hybridized carbons (Fsp3) is 0.318. The Morgan fingerprint density at radius 3 is 2.59 bits per heavy atom. The third-order valence-corrected chi connectivity index (χ3v) is 4.86. The lowest BCUT2D eigenvalue weighted by Crippen LogP contribution is -2.33. The van der Waals surface area contributed by atoms with E-state index >= 15 is 0 Å². The van der Waals surface area contributed by atoms with Gasteiger partial charge in [0.25, 0.3) is 0 Å². The Bertz CT molecular complexity index is 908. The molecule has 0 aromatic heterocycles. The third kappa shape index (κ3) is 4.93. The Balaban J connectivity index is 1.64. The fourth-order valence-electron chi connectivity index (χ4n) is 3.26. The van der Waals surface area contributed by atoms with Crippen molar-refractivity contribution >= 4 is 29.2 Å². The number of anilines is 2. The molecule has 0 spiro atoms. The molecular formula is C22H24N2O5. The minimum absolute atomic E-state index is 0.224. The topological polar surface area (TPSA) is 95.9 Å². The van der Waals surface area contributed by atoms with Crippen molar-refractivity contribution in [1.29, 1.82) is 0 Å². The van der Waals surface area contributed by atoms with Crippen molar-refractivity contribution in [1.82, 2.24) is 0 Å². The zero-order valence-electron chi connectivity index (χ0n) is 16.4. The predicted octanol–water partition coefficient (Wildman–Crippen LogP) is 3.27. The Morgan fingerprint density at radius 1 is 1.21 bits per heavy atom. The molecule has 2 aromatic carbocycles. The number of nitrogens with one attached hydrogen (secondary N) is 1. The summed E-state index contributed by atoms with van der Waals surface area (Å²) in [5.74, 6) is -1.72. The van der Waals surface area contributed by atoms with E-state index in [1.165, 1.54) is 11.6 Å². The van der Waals surface area contributed by atoms with Crippen LogP contribution in [0.1, 0.15) is 31.7 Å². The molecule has 152 valence electrons. The van der Waals surface area contributed by atoms with Crippen molar-refractivity contribution in [3.05, 3.63) is 54.1 Å². The first-order chi connectivity index (χ1) is 13.8. The number of nitrogens with zero attached hydrogens (tertiary/aromatic N) is 1. The van der Waals surface area contributed by atoms with Crippen molar-refractivity contribution in [2.75, 3.05) is 23.4 Å². The van der Waals surface area contributed by atoms with E-state index in [4.69, 9.17) is 9.84 Å². The summed E-state index contributed by atoms with van der Waals surface area (Å²) in [5, 5.41) is 11.4. The Hall–Kier alpha value is -3.35. The maximum Gasteiger partial charge on any atom is 0.341 e.